The number of thioether (sulfide) groups is 1. The number of benzene rings is 1. The van der Waals surface area contributed by atoms with Crippen LogP contribution in [0.1, 0.15) is 30.9 Å². The SMILES string of the molecule is CCNC(=NCc1ccc(C)cc1SC)NCC1(CO)CC1.I. The average Bonchev–Trinajstić information content (AvgIpc) is 3.31. The van der Waals surface area contributed by atoms with E-state index in [2.05, 4.69) is 53.9 Å². The number of guanidine groups is 1. The highest BCUT2D eigenvalue weighted by Gasteiger charge is 2.41. The van der Waals surface area contributed by atoms with E-state index in [9.17, 15) is 5.11 Å². The van der Waals surface area contributed by atoms with Crippen LogP contribution in [0, 0.1) is 12.3 Å². The van der Waals surface area contributed by atoms with E-state index in [0.717, 1.165) is 31.9 Å². The highest BCUT2D eigenvalue weighted by atomic mass is 127. The lowest BCUT2D eigenvalue weighted by molar-refractivity contribution is 0.212. The third-order valence-electron chi connectivity index (χ3n) is 4.12. The first-order valence-electron chi connectivity index (χ1n) is 7.89. The molecule has 1 aromatic carbocycles. The number of hydrogen-bond acceptors (Lipinski definition) is 3. The van der Waals surface area contributed by atoms with E-state index in [1.165, 1.54) is 16.0 Å². The van der Waals surface area contributed by atoms with Gasteiger partial charge in [-0.3, -0.25) is 0 Å². The van der Waals surface area contributed by atoms with Gasteiger partial charge in [-0.25, -0.2) is 4.99 Å². The molecule has 3 N–H and O–H groups in total. The van der Waals surface area contributed by atoms with Crippen LogP contribution in [0.25, 0.3) is 0 Å². The molecular formula is C17H28IN3OS. The van der Waals surface area contributed by atoms with Gasteiger partial charge in [0, 0.05) is 23.4 Å². The van der Waals surface area contributed by atoms with Crippen LogP contribution in [0.4, 0.5) is 0 Å². The second-order valence-corrected chi connectivity index (χ2v) is 6.87. The van der Waals surface area contributed by atoms with Crippen molar-refractivity contribution >= 4 is 41.7 Å². The minimum Gasteiger partial charge on any atom is -0.396 e. The average molecular weight is 449 g/mol. The number of aryl methyl sites for hydroxylation is 1. The van der Waals surface area contributed by atoms with Gasteiger partial charge in [0.2, 0.25) is 0 Å². The second-order valence-electron chi connectivity index (χ2n) is 6.02. The Morgan fingerprint density at radius 1 is 1.35 bits per heavy atom. The first-order valence-corrected chi connectivity index (χ1v) is 9.11. The standard InChI is InChI=1S/C17H27N3OS.HI/c1-4-18-16(20-11-17(12-21)7-8-17)19-10-14-6-5-13(2)9-15(14)22-3;/h5-6,9,21H,4,7-8,10-12H2,1-3H3,(H2,18,19,20);1H. The van der Waals surface area contributed by atoms with E-state index in [0.29, 0.717) is 6.54 Å². The van der Waals surface area contributed by atoms with Gasteiger partial charge >= 0.3 is 0 Å². The summed E-state index contributed by atoms with van der Waals surface area (Å²) >= 11 is 1.76. The molecule has 6 heteroatoms. The molecule has 2 rings (SSSR count). The van der Waals surface area contributed by atoms with Crippen LogP contribution >= 0.6 is 35.7 Å². The molecule has 0 atom stereocenters. The Kier molecular flexibility index (Phi) is 8.71. The van der Waals surface area contributed by atoms with E-state index in [-0.39, 0.29) is 36.0 Å². The molecule has 23 heavy (non-hydrogen) atoms. The second kappa shape index (κ2) is 9.74. The van der Waals surface area contributed by atoms with Gasteiger partial charge in [0.1, 0.15) is 0 Å². The number of aliphatic hydroxyl groups is 1. The zero-order valence-electron chi connectivity index (χ0n) is 14.2. The molecule has 1 aromatic rings. The van der Waals surface area contributed by atoms with Crippen molar-refractivity contribution < 1.29 is 5.11 Å². The summed E-state index contributed by atoms with van der Waals surface area (Å²) in [6, 6.07) is 6.50. The molecule has 1 saturated carbocycles. The van der Waals surface area contributed by atoms with Crippen LogP contribution < -0.4 is 10.6 Å². The maximum atomic E-state index is 9.40. The summed E-state index contributed by atoms with van der Waals surface area (Å²) in [5.41, 5.74) is 2.61. The number of nitrogens with zero attached hydrogens (tertiary/aromatic N) is 1. The Morgan fingerprint density at radius 2 is 2.09 bits per heavy atom. The van der Waals surface area contributed by atoms with Crippen LogP contribution in [0.3, 0.4) is 0 Å². The summed E-state index contributed by atoms with van der Waals surface area (Å²) in [6.45, 7) is 6.73. The molecule has 0 radical (unpaired) electrons. The van der Waals surface area contributed by atoms with Crippen molar-refractivity contribution in [1.29, 1.82) is 0 Å². The molecule has 130 valence electrons. The first-order chi connectivity index (χ1) is 10.6. The predicted octanol–water partition coefficient (Wildman–Crippen LogP) is 3.16. The van der Waals surface area contributed by atoms with E-state index >= 15 is 0 Å². The minimum absolute atomic E-state index is 0. The van der Waals surface area contributed by atoms with Crippen LogP contribution in [-0.2, 0) is 6.54 Å². The summed E-state index contributed by atoms with van der Waals surface area (Å²) in [7, 11) is 0. The van der Waals surface area contributed by atoms with Gasteiger partial charge in [0.25, 0.3) is 0 Å². The summed E-state index contributed by atoms with van der Waals surface area (Å²) in [6.07, 6.45) is 4.30. The third kappa shape index (κ3) is 6.15. The Bertz CT molecular complexity index is 533. The van der Waals surface area contributed by atoms with Gasteiger partial charge in [-0.1, -0.05) is 12.1 Å². The maximum Gasteiger partial charge on any atom is 0.191 e. The number of aliphatic hydroxyl groups excluding tert-OH is 1. The number of nitrogens with one attached hydrogen (secondary N) is 2. The Labute approximate surface area is 160 Å². The molecule has 4 nitrogen and oxygen atoms in total. The molecule has 1 aliphatic carbocycles. The van der Waals surface area contributed by atoms with Gasteiger partial charge in [-0.05, 0) is 50.1 Å². The number of halogens is 1. The molecule has 0 amide bonds. The number of aliphatic imine (C=N–C) groups is 1. The molecular weight excluding hydrogens is 421 g/mol. The van der Waals surface area contributed by atoms with Crippen LogP contribution in [0.2, 0.25) is 0 Å². The fourth-order valence-electron chi connectivity index (χ4n) is 2.33. The zero-order chi connectivity index (χ0) is 16.0. The van der Waals surface area contributed by atoms with Crippen LogP contribution in [0.5, 0.6) is 0 Å². The van der Waals surface area contributed by atoms with E-state index in [4.69, 9.17) is 0 Å². The van der Waals surface area contributed by atoms with Gasteiger partial charge < -0.3 is 15.7 Å². The maximum absolute atomic E-state index is 9.40. The minimum atomic E-state index is 0. The molecule has 1 fully saturated rings. The highest BCUT2D eigenvalue weighted by molar-refractivity contribution is 14.0. The number of hydrogen-bond donors (Lipinski definition) is 3. The lowest BCUT2D eigenvalue weighted by Crippen LogP contribution is -2.41. The van der Waals surface area contributed by atoms with E-state index < -0.39 is 0 Å². The highest BCUT2D eigenvalue weighted by Crippen LogP contribution is 2.44. The summed E-state index contributed by atoms with van der Waals surface area (Å²) in [5.74, 6) is 0.829. The number of rotatable bonds is 7. The summed E-state index contributed by atoms with van der Waals surface area (Å²) in [4.78, 5) is 5.97. The molecule has 0 unspecified atom stereocenters. The molecule has 0 aliphatic heterocycles. The molecule has 0 bridgehead atoms. The van der Waals surface area contributed by atoms with Crippen molar-refractivity contribution in [3.8, 4) is 0 Å². The fraction of sp³-hybridized carbons (Fsp3) is 0.588. The van der Waals surface area contributed by atoms with Crippen molar-refractivity contribution in [2.45, 2.75) is 38.1 Å². The van der Waals surface area contributed by atoms with Gasteiger partial charge in [0.15, 0.2) is 5.96 Å². The third-order valence-corrected chi connectivity index (χ3v) is 4.94. The Morgan fingerprint density at radius 3 is 2.65 bits per heavy atom. The van der Waals surface area contributed by atoms with Crippen LogP contribution in [-0.4, -0.2) is 37.0 Å². The summed E-state index contributed by atoms with van der Waals surface area (Å²) in [5, 5.41) is 16.0. The molecule has 1 aliphatic rings. The smallest absolute Gasteiger partial charge is 0.191 e. The van der Waals surface area contributed by atoms with E-state index in [1.54, 1.807) is 11.8 Å². The van der Waals surface area contributed by atoms with Crippen molar-refractivity contribution in [2.75, 3.05) is 26.0 Å². The zero-order valence-corrected chi connectivity index (χ0v) is 17.3. The van der Waals surface area contributed by atoms with Crippen molar-refractivity contribution in [2.24, 2.45) is 10.4 Å². The van der Waals surface area contributed by atoms with Crippen molar-refractivity contribution in [3.05, 3.63) is 29.3 Å². The monoisotopic (exact) mass is 449 g/mol. The molecule has 0 saturated heterocycles. The molecule has 0 heterocycles. The van der Waals surface area contributed by atoms with Crippen LogP contribution in [0.15, 0.2) is 28.1 Å². The van der Waals surface area contributed by atoms with Crippen molar-refractivity contribution in [3.63, 3.8) is 0 Å². The normalized spacial score (nSPS) is 15.7. The quantitative estimate of drug-likeness (QED) is 0.259. The van der Waals surface area contributed by atoms with Gasteiger partial charge in [-0.2, -0.15) is 0 Å². The largest absolute Gasteiger partial charge is 0.396 e. The van der Waals surface area contributed by atoms with E-state index in [1.807, 2.05) is 0 Å². The molecule has 0 aromatic heterocycles. The first kappa shape index (κ1) is 20.6. The Hall–Kier alpha value is -0.470. The Balaban J connectivity index is 0.00000264. The lowest BCUT2D eigenvalue weighted by Gasteiger charge is -2.16. The lowest BCUT2D eigenvalue weighted by atomic mass is 10.1. The topological polar surface area (TPSA) is 56.7 Å². The van der Waals surface area contributed by atoms with Gasteiger partial charge in [0.05, 0.1) is 13.2 Å². The predicted molar refractivity (Wildman–Crippen MR) is 110 cm³/mol. The molecule has 0 spiro atoms. The van der Waals surface area contributed by atoms with Gasteiger partial charge in [-0.15, -0.1) is 35.7 Å². The van der Waals surface area contributed by atoms with Crippen molar-refractivity contribution in [1.82, 2.24) is 10.6 Å². The fourth-order valence-corrected chi connectivity index (χ4v) is 3.03. The summed E-state index contributed by atoms with van der Waals surface area (Å²) < 4.78 is 0.